The minimum atomic E-state index is -1.99. The summed E-state index contributed by atoms with van der Waals surface area (Å²) >= 11 is 0. The van der Waals surface area contributed by atoms with Crippen molar-refractivity contribution in [2.75, 3.05) is 26.4 Å². The lowest BCUT2D eigenvalue weighted by molar-refractivity contribution is -0.379. The van der Waals surface area contributed by atoms with E-state index in [0.29, 0.717) is 12.8 Å². The van der Waals surface area contributed by atoms with Gasteiger partial charge >= 0.3 is 0 Å². The van der Waals surface area contributed by atoms with E-state index >= 15 is 0 Å². The lowest BCUT2D eigenvalue weighted by Gasteiger charge is -2.48. The number of unbranched alkanes of at least 4 members (excludes halogenated alkanes) is 45. The number of rotatable bonds is 69. The second-order valence-corrected chi connectivity index (χ2v) is 30.6. The predicted octanol–water partition coefficient (Wildman–Crippen LogP) is 15.4. The molecular formula is C86H157NO18. The summed E-state index contributed by atoms with van der Waals surface area (Å²) in [5.74, 6) is -0.286. The standard InChI is InChI=1S/C86H157NO18/c1-3-5-7-9-11-13-15-17-19-21-23-25-27-29-31-32-33-34-35-36-38-39-41-43-45-47-49-51-53-55-57-59-61-63-70(91)69(87-74(92)64-62-60-58-56-54-52-50-48-46-44-42-40-37-30-28-26-24-22-20-18-16-14-12-10-8-6-4-2)68-100-84-80(98)77(95)82(72(66-89)102-84)105-86-81(99)78(96)83(73(67-90)103-86)104-85-79(97)76(94)75(93)71(65-88)101-85/h16,18,22,24,45,47,53,55,61,63,69-73,75-86,88-91,93-99H,3-15,17,19-21,23,25-44,46,48-52,54,56-60,62,64-68H2,1-2H3,(H,87,92)/b18-16-,24-22-,47-45+,55-53+,63-61+. The first kappa shape index (κ1) is 96.7. The van der Waals surface area contributed by atoms with Crippen LogP contribution in [-0.4, -0.2) is 193 Å². The Bertz CT molecular complexity index is 2130. The molecule has 3 heterocycles. The molecule has 1 amide bonds. The van der Waals surface area contributed by atoms with Gasteiger partial charge in [0.25, 0.3) is 0 Å². The molecule has 3 aliphatic heterocycles. The molecule has 0 aromatic heterocycles. The van der Waals surface area contributed by atoms with Crippen molar-refractivity contribution in [3.63, 3.8) is 0 Å². The van der Waals surface area contributed by atoms with Gasteiger partial charge < -0.3 is 89.9 Å². The minimum absolute atomic E-state index is 0.231. The lowest BCUT2D eigenvalue weighted by atomic mass is 9.96. The first-order valence-corrected chi connectivity index (χ1v) is 43.0. The average Bonchev–Trinajstić information content (AvgIpc) is 0.781. The second kappa shape index (κ2) is 66.1. The molecule has 3 aliphatic rings. The highest BCUT2D eigenvalue weighted by Crippen LogP contribution is 2.33. The number of carbonyl (C=O) groups excluding carboxylic acids is 1. The van der Waals surface area contributed by atoms with Crippen LogP contribution in [0.5, 0.6) is 0 Å². The average molecular weight is 1490 g/mol. The van der Waals surface area contributed by atoms with E-state index in [1.165, 1.54) is 263 Å². The molecule has 0 spiro atoms. The number of allylic oxidation sites excluding steroid dienone is 9. The van der Waals surface area contributed by atoms with E-state index in [2.05, 4.69) is 67.8 Å². The van der Waals surface area contributed by atoms with Gasteiger partial charge in [-0.2, -0.15) is 0 Å². The monoisotopic (exact) mass is 1490 g/mol. The highest BCUT2D eigenvalue weighted by atomic mass is 16.8. The van der Waals surface area contributed by atoms with E-state index in [0.717, 1.165) is 51.4 Å². The minimum Gasteiger partial charge on any atom is -0.394 e. The van der Waals surface area contributed by atoms with Gasteiger partial charge in [0.05, 0.1) is 38.6 Å². The summed E-state index contributed by atoms with van der Waals surface area (Å²) < 4.78 is 34.5. The maximum atomic E-state index is 13.5. The fourth-order valence-corrected chi connectivity index (χ4v) is 14.4. The van der Waals surface area contributed by atoms with Gasteiger partial charge in [-0.15, -0.1) is 0 Å². The molecule has 0 aliphatic carbocycles. The Labute approximate surface area is 636 Å². The van der Waals surface area contributed by atoms with E-state index < -0.39 is 124 Å². The van der Waals surface area contributed by atoms with Crippen LogP contribution in [0.25, 0.3) is 0 Å². The van der Waals surface area contributed by atoms with Crippen molar-refractivity contribution < 1.29 is 89.4 Å². The van der Waals surface area contributed by atoms with Gasteiger partial charge in [0.15, 0.2) is 18.9 Å². The summed E-state index contributed by atoms with van der Waals surface area (Å²) in [6.45, 7) is 1.75. The summed E-state index contributed by atoms with van der Waals surface area (Å²) in [7, 11) is 0. The van der Waals surface area contributed by atoms with E-state index in [4.69, 9.17) is 28.4 Å². The molecule has 0 saturated carbocycles. The first-order chi connectivity index (χ1) is 51.3. The second-order valence-electron chi connectivity index (χ2n) is 30.6. The van der Waals surface area contributed by atoms with Gasteiger partial charge in [-0.05, 0) is 77.0 Å². The van der Waals surface area contributed by atoms with Crippen LogP contribution in [-0.2, 0) is 33.2 Å². The third-order valence-corrected chi connectivity index (χ3v) is 21.3. The maximum absolute atomic E-state index is 13.5. The van der Waals surface area contributed by atoms with Gasteiger partial charge in [0, 0.05) is 6.42 Å². The molecule has 0 radical (unpaired) electrons. The highest BCUT2D eigenvalue weighted by Gasteiger charge is 2.54. The summed E-state index contributed by atoms with van der Waals surface area (Å²) in [5.41, 5.74) is 0. The summed E-state index contributed by atoms with van der Waals surface area (Å²) in [6, 6.07) is -1.00. The number of hydrogen-bond donors (Lipinski definition) is 12. The smallest absolute Gasteiger partial charge is 0.220 e. The SMILES string of the molecule is CCCCCCC/C=C\C/C=C\CCCCCCCCCCCCCCCCCC(=O)NC(COC1OC(CO)C(OC2OC(CO)C(OC3OC(CO)C(O)C(O)C3O)C(O)C2O)C(O)C1O)C(O)/C=C/CC/C=C/CC/C=C/CCCCCCCCCCCCCCCCCCCCCCCCC. The van der Waals surface area contributed by atoms with Crippen molar-refractivity contribution in [2.24, 2.45) is 0 Å². The van der Waals surface area contributed by atoms with E-state index in [1.807, 2.05) is 6.08 Å². The van der Waals surface area contributed by atoms with Crippen LogP contribution in [0.1, 0.15) is 348 Å². The van der Waals surface area contributed by atoms with Crippen LogP contribution in [0.2, 0.25) is 0 Å². The first-order valence-electron chi connectivity index (χ1n) is 43.0. The normalized spacial score (nSPS) is 26.0. The largest absolute Gasteiger partial charge is 0.394 e. The molecule has 12 N–H and O–H groups in total. The quantitative estimate of drug-likeness (QED) is 0.0199. The number of amides is 1. The summed E-state index contributed by atoms with van der Waals surface area (Å²) in [5, 5.41) is 121. The van der Waals surface area contributed by atoms with Crippen molar-refractivity contribution in [1.29, 1.82) is 0 Å². The third-order valence-electron chi connectivity index (χ3n) is 21.3. The molecule has 0 aromatic carbocycles. The topological polar surface area (TPSA) is 307 Å². The van der Waals surface area contributed by atoms with Crippen molar-refractivity contribution in [1.82, 2.24) is 5.32 Å². The molecule has 3 rings (SSSR count). The molecule has 17 unspecified atom stereocenters. The number of ether oxygens (including phenoxy) is 6. The van der Waals surface area contributed by atoms with Crippen molar-refractivity contribution in [3.05, 3.63) is 60.8 Å². The zero-order chi connectivity index (χ0) is 76.0. The van der Waals surface area contributed by atoms with Gasteiger partial charge in [-0.25, -0.2) is 0 Å². The van der Waals surface area contributed by atoms with Crippen LogP contribution in [0.3, 0.4) is 0 Å². The fourth-order valence-electron chi connectivity index (χ4n) is 14.4. The summed E-state index contributed by atoms with van der Waals surface area (Å²) in [4.78, 5) is 13.5. The van der Waals surface area contributed by atoms with Gasteiger partial charge in [0.2, 0.25) is 5.91 Å². The number of aliphatic hydroxyl groups is 11. The molecule has 105 heavy (non-hydrogen) atoms. The van der Waals surface area contributed by atoms with E-state index in [9.17, 15) is 61.0 Å². The van der Waals surface area contributed by atoms with E-state index in [-0.39, 0.29) is 18.9 Å². The van der Waals surface area contributed by atoms with Crippen molar-refractivity contribution in [2.45, 2.75) is 452 Å². The molecule has 17 atom stereocenters. The van der Waals surface area contributed by atoms with Crippen LogP contribution < -0.4 is 5.32 Å². The Morgan fingerprint density at radius 2 is 0.638 bits per heavy atom. The summed E-state index contributed by atoms with van der Waals surface area (Å²) in [6.07, 6.45) is 59.4. The molecule has 614 valence electrons. The molecule has 0 aromatic rings. The third kappa shape index (κ3) is 45.6. The lowest BCUT2D eigenvalue weighted by Crippen LogP contribution is -2.66. The Morgan fingerprint density at radius 1 is 0.343 bits per heavy atom. The maximum Gasteiger partial charge on any atom is 0.220 e. The number of aliphatic hydroxyl groups excluding tert-OH is 11. The Hall–Kier alpha value is -2.51. The Balaban J connectivity index is 1.37. The predicted molar refractivity (Wildman–Crippen MR) is 420 cm³/mol. The van der Waals surface area contributed by atoms with Crippen LogP contribution >= 0.6 is 0 Å². The highest BCUT2D eigenvalue weighted by molar-refractivity contribution is 5.76. The molecule has 19 nitrogen and oxygen atoms in total. The van der Waals surface area contributed by atoms with Gasteiger partial charge in [-0.1, -0.05) is 325 Å². The molecule has 19 heteroatoms. The van der Waals surface area contributed by atoms with Gasteiger partial charge in [-0.3, -0.25) is 4.79 Å². The molecular weight excluding hydrogens is 1330 g/mol. The zero-order valence-corrected chi connectivity index (χ0v) is 66.0. The van der Waals surface area contributed by atoms with Crippen LogP contribution in [0, 0.1) is 0 Å². The van der Waals surface area contributed by atoms with Crippen molar-refractivity contribution >= 4 is 5.91 Å². The number of carbonyl (C=O) groups is 1. The van der Waals surface area contributed by atoms with Crippen LogP contribution in [0.15, 0.2) is 60.8 Å². The zero-order valence-electron chi connectivity index (χ0n) is 66.0. The molecule has 0 bridgehead atoms. The fraction of sp³-hybridized carbons (Fsp3) is 0.872. The number of hydrogen-bond acceptors (Lipinski definition) is 18. The molecule has 3 saturated heterocycles. The Morgan fingerprint density at radius 3 is 1.01 bits per heavy atom. The van der Waals surface area contributed by atoms with Crippen molar-refractivity contribution in [3.8, 4) is 0 Å². The number of nitrogens with one attached hydrogen (secondary N) is 1. The van der Waals surface area contributed by atoms with Gasteiger partial charge in [0.1, 0.15) is 73.2 Å². The molecule has 3 fully saturated rings. The Kier molecular flexibility index (Phi) is 60.9. The van der Waals surface area contributed by atoms with Crippen LogP contribution in [0.4, 0.5) is 0 Å². The van der Waals surface area contributed by atoms with E-state index in [1.54, 1.807) is 6.08 Å².